The fourth-order valence-corrected chi connectivity index (χ4v) is 1.36. The second-order valence-electron chi connectivity index (χ2n) is 3.22. The van der Waals surface area contributed by atoms with Crippen LogP contribution in [0.25, 0.3) is 0 Å². The van der Waals surface area contributed by atoms with E-state index in [9.17, 15) is 23.1 Å². The van der Waals surface area contributed by atoms with Crippen molar-refractivity contribution in [2.75, 3.05) is 0 Å². The van der Waals surface area contributed by atoms with Gasteiger partial charge in [-0.1, -0.05) is 11.6 Å². The molecule has 0 aliphatic rings. The molecule has 0 aromatic carbocycles. The van der Waals surface area contributed by atoms with Crippen LogP contribution in [-0.4, -0.2) is 21.2 Å². The maximum Gasteiger partial charge on any atom is 0.417 e. The van der Waals surface area contributed by atoms with Gasteiger partial charge in [0.25, 0.3) is 0 Å². The van der Waals surface area contributed by atoms with Crippen LogP contribution in [0.5, 0.6) is 0 Å². The van der Waals surface area contributed by atoms with Crippen molar-refractivity contribution in [3.8, 4) is 0 Å². The molecule has 4 nitrogen and oxygen atoms in total. The highest BCUT2D eigenvalue weighted by atomic mass is 35.5. The van der Waals surface area contributed by atoms with Crippen LogP contribution in [0.1, 0.15) is 23.7 Å². The van der Waals surface area contributed by atoms with Gasteiger partial charge in [-0.3, -0.25) is 4.79 Å². The first kappa shape index (κ1) is 13.7. The maximum absolute atomic E-state index is 12.3. The lowest BCUT2D eigenvalue weighted by Gasteiger charge is -2.13. The largest absolute Gasteiger partial charge is 0.481 e. The Bertz CT molecular complexity index is 436. The SMILES string of the molecule is O=C(O)C[C@H](O)c1cc(C(F)(F)F)cnc1Cl. The summed E-state index contributed by atoms with van der Waals surface area (Å²) in [6.45, 7) is 0. The number of pyridine rings is 1. The molecule has 1 aromatic heterocycles. The van der Waals surface area contributed by atoms with Crippen LogP contribution >= 0.6 is 11.6 Å². The van der Waals surface area contributed by atoms with Crippen molar-refractivity contribution in [1.29, 1.82) is 0 Å². The number of carboxylic acids is 1. The Morgan fingerprint density at radius 3 is 2.59 bits per heavy atom. The van der Waals surface area contributed by atoms with Gasteiger partial charge < -0.3 is 10.2 Å². The van der Waals surface area contributed by atoms with Crippen LogP contribution in [0.2, 0.25) is 5.15 Å². The summed E-state index contributed by atoms with van der Waals surface area (Å²) in [6, 6.07) is 0.586. The predicted molar refractivity (Wildman–Crippen MR) is 51.5 cm³/mol. The number of halogens is 4. The third-order valence-electron chi connectivity index (χ3n) is 1.92. The number of aromatic nitrogens is 1. The first-order valence-corrected chi connectivity index (χ1v) is 4.72. The molecule has 0 amide bonds. The highest BCUT2D eigenvalue weighted by molar-refractivity contribution is 6.30. The molecule has 1 rings (SSSR count). The Balaban J connectivity index is 3.10. The van der Waals surface area contributed by atoms with Crippen LogP contribution in [-0.2, 0) is 11.0 Å². The Labute approximate surface area is 98.7 Å². The number of hydrogen-bond acceptors (Lipinski definition) is 3. The number of aliphatic hydroxyl groups excluding tert-OH is 1. The summed E-state index contributed by atoms with van der Waals surface area (Å²) in [4.78, 5) is 13.6. The molecule has 1 atom stereocenters. The van der Waals surface area contributed by atoms with Crippen molar-refractivity contribution in [2.24, 2.45) is 0 Å². The van der Waals surface area contributed by atoms with Gasteiger partial charge in [0, 0.05) is 11.8 Å². The molecular weight excluding hydrogens is 263 g/mol. The quantitative estimate of drug-likeness (QED) is 0.826. The standard InChI is InChI=1S/C9H7ClF3NO3/c10-8-5(6(15)2-7(16)17)1-4(3-14-8)9(11,12)13/h1,3,6,15H,2H2,(H,16,17)/t6-/m0/s1. The third kappa shape index (κ3) is 3.57. The van der Waals surface area contributed by atoms with E-state index in [1.54, 1.807) is 0 Å². The second-order valence-corrected chi connectivity index (χ2v) is 3.57. The normalized spacial score (nSPS) is 13.5. The minimum absolute atomic E-state index is 0.355. The molecule has 0 unspecified atom stereocenters. The van der Waals surface area contributed by atoms with Crippen molar-refractivity contribution in [3.63, 3.8) is 0 Å². The van der Waals surface area contributed by atoms with Crippen molar-refractivity contribution >= 4 is 17.6 Å². The van der Waals surface area contributed by atoms with E-state index in [1.165, 1.54) is 0 Å². The zero-order chi connectivity index (χ0) is 13.2. The number of aliphatic hydroxyl groups is 1. The monoisotopic (exact) mass is 269 g/mol. The van der Waals surface area contributed by atoms with E-state index >= 15 is 0 Å². The van der Waals surface area contributed by atoms with Crippen LogP contribution in [0.15, 0.2) is 12.3 Å². The molecule has 0 aliphatic carbocycles. The summed E-state index contributed by atoms with van der Waals surface area (Å²) in [5.41, 5.74) is -1.45. The average molecular weight is 270 g/mol. The van der Waals surface area contributed by atoms with E-state index in [2.05, 4.69) is 4.98 Å². The van der Waals surface area contributed by atoms with Crippen LogP contribution < -0.4 is 0 Å². The molecule has 0 saturated heterocycles. The molecule has 0 bridgehead atoms. The van der Waals surface area contributed by atoms with Gasteiger partial charge in [-0.25, -0.2) is 4.98 Å². The van der Waals surface area contributed by atoms with Gasteiger partial charge in [-0.05, 0) is 6.07 Å². The van der Waals surface area contributed by atoms with Crippen LogP contribution in [0, 0.1) is 0 Å². The third-order valence-corrected chi connectivity index (χ3v) is 2.24. The molecule has 8 heteroatoms. The smallest absolute Gasteiger partial charge is 0.417 e. The van der Waals surface area contributed by atoms with Gasteiger partial charge in [0.15, 0.2) is 0 Å². The minimum atomic E-state index is -4.63. The number of carboxylic acid groups (broad SMARTS) is 1. The zero-order valence-corrected chi connectivity index (χ0v) is 8.96. The van der Waals surface area contributed by atoms with Crippen LogP contribution in [0.3, 0.4) is 0 Å². The molecule has 1 aromatic rings. The summed E-state index contributed by atoms with van der Waals surface area (Å²) < 4.78 is 37.0. The van der Waals surface area contributed by atoms with E-state index in [0.717, 1.165) is 0 Å². The number of hydrogen-bond donors (Lipinski definition) is 2. The number of nitrogens with zero attached hydrogens (tertiary/aromatic N) is 1. The highest BCUT2D eigenvalue weighted by Gasteiger charge is 2.32. The van der Waals surface area contributed by atoms with Gasteiger partial charge in [-0.2, -0.15) is 13.2 Å². The summed E-state index contributed by atoms with van der Waals surface area (Å²) in [5.74, 6) is -1.36. The predicted octanol–water partition coefficient (Wildman–Crippen LogP) is 2.26. The fraction of sp³-hybridized carbons (Fsp3) is 0.333. The van der Waals surface area contributed by atoms with Gasteiger partial charge >= 0.3 is 12.1 Å². The molecule has 1 heterocycles. The number of aliphatic carboxylic acids is 1. The van der Waals surface area contributed by atoms with Gasteiger partial charge in [0.05, 0.1) is 18.1 Å². The van der Waals surface area contributed by atoms with Crippen LogP contribution in [0.4, 0.5) is 13.2 Å². The molecule has 0 saturated carbocycles. The molecule has 94 valence electrons. The van der Waals surface area contributed by atoms with E-state index < -0.39 is 30.2 Å². The Morgan fingerprint density at radius 2 is 2.12 bits per heavy atom. The summed E-state index contributed by atoms with van der Waals surface area (Å²) in [6.07, 6.45) is -6.49. The molecule has 2 N–H and O–H groups in total. The lowest BCUT2D eigenvalue weighted by Crippen LogP contribution is -2.11. The van der Waals surface area contributed by atoms with E-state index in [0.29, 0.717) is 12.3 Å². The Hall–Kier alpha value is -1.34. The Morgan fingerprint density at radius 1 is 1.53 bits per heavy atom. The minimum Gasteiger partial charge on any atom is -0.481 e. The molecule has 17 heavy (non-hydrogen) atoms. The second kappa shape index (κ2) is 4.89. The maximum atomic E-state index is 12.3. The van der Waals surface area contributed by atoms with Crippen molar-refractivity contribution in [3.05, 3.63) is 28.5 Å². The fourth-order valence-electron chi connectivity index (χ4n) is 1.13. The number of rotatable bonds is 3. The van der Waals surface area contributed by atoms with Gasteiger partial charge in [0.2, 0.25) is 0 Å². The Kier molecular flexibility index (Phi) is 3.94. The lowest BCUT2D eigenvalue weighted by molar-refractivity contribution is -0.139. The van der Waals surface area contributed by atoms with E-state index in [4.69, 9.17) is 16.7 Å². The molecular formula is C9H7ClF3NO3. The molecule has 0 fully saturated rings. The summed E-state index contributed by atoms with van der Waals surface area (Å²) in [7, 11) is 0. The molecule has 0 aliphatic heterocycles. The first-order chi connectivity index (χ1) is 7.71. The molecule has 0 spiro atoms. The summed E-state index contributed by atoms with van der Waals surface area (Å²) >= 11 is 5.49. The highest BCUT2D eigenvalue weighted by Crippen LogP contribution is 2.33. The summed E-state index contributed by atoms with van der Waals surface area (Å²) in [5, 5.41) is 17.5. The zero-order valence-electron chi connectivity index (χ0n) is 8.20. The topological polar surface area (TPSA) is 70.4 Å². The lowest BCUT2D eigenvalue weighted by atomic mass is 10.1. The molecule has 0 radical (unpaired) electrons. The van der Waals surface area contributed by atoms with Gasteiger partial charge in [0.1, 0.15) is 5.15 Å². The average Bonchev–Trinajstić information content (AvgIpc) is 2.15. The van der Waals surface area contributed by atoms with E-state index in [1.807, 2.05) is 0 Å². The van der Waals surface area contributed by atoms with Crippen molar-refractivity contribution in [2.45, 2.75) is 18.7 Å². The van der Waals surface area contributed by atoms with E-state index in [-0.39, 0.29) is 10.7 Å². The van der Waals surface area contributed by atoms with Crippen molar-refractivity contribution in [1.82, 2.24) is 4.98 Å². The van der Waals surface area contributed by atoms with Crippen molar-refractivity contribution < 1.29 is 28.2 Å². The first-order valence-electron chi connectivity index (χ1n) is 4.34. The number of alkyl halides is 3. The van der Waals surface area contributed by atoms with Gasteiger partial charge in [-0.15, -0.1) is 0 Å². The number of carbonyl (C=O) groups is 1.